The molecule has 0 aliphatic carbocycles. The van der Waals surface area contributed by atoms with Crippen LogP contribution in [0.5, 0.6) is 0 Å². The van der Waals surface area contributed by atoms with Crippen LogP contribution in [-0.2, 0) is 14.3 Å². The zero-order chi connectivity index (χ0) is 15.0. The molecular weight excluding hydrogens is 256 g/mol. The summed E-state index contributed by atoms with van der Waals surface area (Å²) in [5.41, 5.74) is 15.7. The highest BCUT2D eigenvalue weighted by Crippen LogP contribution is 2.02. The Morgan fingerprint density at radius 2 is 1.89 bits per heavy atom. The second-order valence-corrected chi connectivity index (χ2v) is 4.05. The molecule has 0 saturated heterocycles. The number of ether oxygens (including phenoxy) is 1. The zero-order valence-corrected chi connectivity index (χ0v) is 10.7. The minimum absolute atomic E-state index is 0.272. The van der Waals surface area contributed by atoms with E-state index in [1.807, 2.05) is 0 Å². The number of aliphatic carboxylic acids is 1. The number of carbonyl (C=O) groups excluding carboxylic acids is 2. The largest absolute Gasteiger partial charge is 0.480 e. The highest BCUT2D eigenvalue weighted by Gasteiger charge is 2.25. The Morgan fingerprint density at radius 3 is 2.37 bits per heavy atom. The maximum Gasteiger partial charge on any atom is 0.324 e. The fourth-order valence-electron chi connectivity index (χ4n) is 1.20. The van der Waals surface area contributed by atoms with E-state index in [1.54, 1.807) is 0 Å². The van der Waals surface area contributed by atoms with E-state index in [0.29, 0.717) is 13.0 Å². The van der Waals surface area contributed by atoms with Crippen molar-refractivity contribution in [3.8, 4) is 0 Å². The molecule has 19 heavy (non-hydrogen) atoms. The number of nitrogens with two attached hydrogens (primary N) is 3. The topological polar surface area (TPSA) is 171 Å². The summed E-state index contributed by atoms with van der Waals surface area (Å²) in [6.07, 6.45) is -0.257. The van der Waals surface area contributed by atoms with Gasteiger partial charge in [-0.2, -0.15) is 0 Å². The van der Waals surface area contributed by atoms with Crippen molar-refractivity contribution in [1.82, 2.24) is 5.32 Å². The van der Waals surface area contributed by atoms with Gasteiger partial charge in [-0.05, 0) is 19.8 Å². The Balaban J connectivity index is 3.99. The first kappa shape index (κ1) is 17.1. The smallest absolute Gasteiger partial charge is 0.324 e. The molecule has 0 aromatic rings. The molecule has 2 amide bonds. The lowest BCUT2D eigenvalue weighted by Gasteiger charge is -2.19. The number of hydrogen-bond donors (Lipinski definition) is 5. The number of carboxylic acid groups (broad SMARTS) is 1. The van der Waals surface area contributed by atoms with E-state index in [2.05, 4.69) is 5.32 Å². The van der Waals surface area contributed by atoms with Crippen LogP contribution < -0.4 is 22.5 Å². The molecule has 9 heteroatoms. The Morgan fingerprint density at radius 1 is 1.32 bits per heavy atom. The van der Waals surface area contributed by atoms with E-state index in [9.17, 15) is 14.4 Å². The van der Waals surface area contributed by atoms with Gasteiger partial charge in [-0.25, -0.2) is 4.79 Å². The monoisotopic (exact) mass is 276 g/mol. The van der Waals surface area contributed by atoms with Crippen LogP contribution in [0.25, 0.3) is 0 Å². The molecule has 0 spiro atoms. The molecule has 0 radical (unpaired) electrons. The molecule has 0 heterocycles. The summed E-state index contributed by atoms with van der Waals surface area (Å²) in [6, 6.07) is -2.86. The van der Waals surface area contributed by atoms with E-state index < -0.39 is 36.2 Å². The Kier molecular flexibility index (Phi) is 7.46. The maximum absolute atomic E-state index is 11.5. The van der Waals surface area contributed by atoms with E-state index >= 15 is 0 Å². The summed E-state index contributed by atoms with van der Waals surface area (Å²) in [5.74, 6) is -2.00. The Hall–Kier alpha value is -1.87. The van der Waals surface area contributed by atoms with Crippen molar-refractivity contribution in [3.05, 3.63) is 0 Å². The summed E-state index contributed by atoms with van der Waals surface area (Å²) in [5, 5.41) is 11.0. The van der Waals surface area contributed by atoms with Gasteiger partial charge < -0.3 is 32.4 Å². The molecule has 8 N–H and O–H groups in total. The lowest BCUT2D eigenvalue weighted by Crippen LogP contribution is -2.45. The van der Waals surface area contributed by atoms with E-state index in [0.717, 1.165) is 0 Å². The molecule has 0 saturated carbocycles. The van der Waals surface area contributed by atoms with Gasteiger partial charge in [-0.3, -0.25) is 9.59 Å². The van der Waals surface area contributed by atoms with Gasteiger partial charge in [0.05, 0.1) is 0 Å². The third-order valence-corrected chi connectivity index (χ3v) is 2.39. The van der Waals surface area contributed by atoms with Gasteiger partial charge in [0.25, 0.3) is 0 Å². The lowest BCUT2D eigenvalue weighted by atomic mass is 10.1. The van der Waals surface area contributed by atoms with Crippen LogP contribution in [0.2, 0.25) is 0 Å². The van der Waals surface area contributed by atoms with E-state index in [-0.39, 0.29) is 6.42 Å². The van der Waals surface area contributed by atoms with Crippen molar-refractivity contribution in [1.29, 1.82) is 0 Å². The van der Waals surface area contributed by atoms with E-state index in [1.165, 1.54) is 6.92 Å². The predicted molar refractivity (Wildman–Crippen MR) is 66.0 cm³/mol. The second-order valence-electron chi connectivity index (χ2n) is 4.05. The van der Waals surface area contributed by atoms with Crippen LogP contribution in [0, 0.1) is 0 Å². The van der Waals surface area contributed by atoms with Crippen LogP contribution in [0.3, 0.4) is 0 Å². The average molecular weight is 276 g/mol. The number of primary amides is 1. The average Bonchev–Trinajstić information content (AvgIpc) is 2.32. The Labute approximate surface area is 110 Å². The lowest BCUT2D eigenvalue weighted by molar-refractivity contribution is -0.154. The summed E-state index contributed by atoms with van der Waals surface area (Å²) in [4.78, 5) is 32.4. The van der Waals surface area contributed by atoms with Crippen molar-refractivity contribution in [3.63, 3.8) is 0 Å². The van der Waals surface area contributed by atoms with Crippen molar-refractivity contribution in [2.24, 2.45) is 17.2 Å². The minimum atomic E-state index is -1.30. The van der Waals surface area contributed by atoms with Crippen LogP contribution in [0.4, 0.5) is 4.79 Å². The highest BCUT2D eigenvalue weighted by molar-refractivity contribution is 5.78. The molecular formula is C10H20N4O5. The van der Waals surface area contributed by atoms with Gasteiger partial charge in [0.15, 0.2) is 0 Å². The van der Waals surface area contributed by atoms with Gasteiger partial charge in [0, 0.05) is 6.54 Å². The van der Waals surface area contributed by atoms with Crippen LogP contribution >= 0.6 is 0 Å². The number of nitrogens with one attached hydrogen (secondary N) is 1. The zero-order valence-electron chi connectivity index (χ0n) is 10.7. The third-order valence-electron chi connectivity index (χ3n) is 2.39. The number of hydrogen-bond acceptors (Lipinski definition) is 6. The summed E-state index contributed by atoms with van der Waals surface area (Å²) >= 11 is 0. The molecule has 0 unspecified atom stereocenters. The molecule has 110 valence electrons. The molecule has 0 aromatic heterocycles. The van der Waals surface area contributed by atoms with Crippen LogP contribution in [0.15, 0.2) is 0 Å². The van der Waals surface area contributed by atoms with Crippen molar-refractivity contribution >= 4 is 18.0 Å². The number of urea groups is 1. The fraction of sp³-hybridized carbons (Fsp3) is 0.700. The number of carbonyl (C=O) groups is 3. The van der Waals surface area contributed by atoms with Crippen LogP contribution in [0.1, 0.15) is 19.8 Å². The van der Waals surface area contributed by atoms with Crippen molar-refractivity contribution in [2.75, 3.05) is 6.54 Å². The van der Waals surface area contributed by atoms with Crippen molar-refractivity contribution in [2.45, 2.75) is 38.0 Å². The molecule has 0 aliphatic heterocycles. The van der Waals surface area contributed by atoms with Gasteiger partial charge in [0.1, 0.15) is 18.2 Å². The van der Waals surface area contributed by atoms with Gasteiger partial charge >= 0.3 is 18.0 Å². The summed E-state index contributed by atoms with van der Waals surface area (Å²) in [6.45, 7) is 1.67. The molecule has 0 fully saturated rings. The summed E-state index contributed by atoms with van der Waals surface area (Å²) in [7, 11) is 0. The van der Waals surface area contributed by atoms with Crippen molar-refractivity contribution < 1.29 is 24.2 Å². The molecule has 0 rings (SSSR count). The molecule has 0 bridgehead atoms. The number of rotatable bonds is 8. The standard InChI is InChI=1S/C10H20N4O5/c1-5(7(12)8(15)16)19-9(17)6(11)3-2-4-14-10(13)18/h5-7H,2-4,11-12H2,1H3,(H,15,16)(H3,13,14,18)/t5-,6+,7+/m1/s1. The molecule has 9 nitrogen and oxygen atoms in total. The normalized spacial score (nSPS) is 15.1. The van der Waals surface area contributed by atoms with Gasteiger partial charge in [0.2, 0.25) is 0 Å². The fourth-order valence-corrected chi connectivity index (χ4v) is 1.20. The Bertz CT molecular complexity index is 336. The SMILES string of the molecule is C[C@@H](OC(=O)[C@@H](N)CCCNC(N)=O)[C@H](N)C(=O)O. The van der Waals surface area contributed by atoms with E-state index in [4.69, 9.17) is 27.0 Å². The van der Waals surface area contributed by atoms with Crippen LogP contribution in [-0.4, -0.2) is 47.8 Å². The number of carboxylic acids is 1. The maximum atomic E-state index is 11.5. The summed E-state index contributed by atoms with van der Waals surface area (Å²) < 4.78 is 4.83. The quantitative estimate of drug-likeness (QED) is 0.254. The first-order valence-electron chi connectivity index (χ1n) is 5.73. The minimum Gasteiger partial charge on any atom is -0.480 e. The number of esters is 1. The molecule has 0 aliphatic rings. The van der Waals surface area contributed by atoms with Gasteiger partial charge in [-0.1, -0.05) is 0 Å². The second kappa shape index (κ2) is 8.27. The predicted octanol–water partition coefficient (Wildman–Crippen LogP) is -1.89. The first-order valence-corrected chi connectivity index (χ1v) is 5.73. The highest BCUT2D eigenvalue weighted by atomic mass is 16.5. The third kappa shape index (κ3) is 7.21. The van der Waals surface area contributed by atoms with Gasteiger partial charge in [-0.15, -0.1) is 0 Å². The number of amides is 2. The molecule has 3 atom stereocenters. The molecule has 0 aromatic carbocycles. The first-order chi connectivity index (χ1) is 8.75.